The lowest BCUT2D eigenvalue weighted by atomic mass is 9.44. The van der Waals surface area contributed by atoms with Gasteiger partial charge in [0, 0.05) is 17.2 Å². The van der Waals surface area contributed by atoms with Gasteiger partial charge in [0.15, 0.2) is 5.78 Å². The molecule has 0 aromatic rings. The van der Waals surface area contributed by atoms with Crippen LogP contribution in [-0.4, -0.2) is 39.1 Å². The molecule has 2 heterocycles. The maximum absolute atomic E-state index is 13.4. The highest BCUT2D eigenvalue weighted by molar-refractivity contribution is 8.08. The van der Waals surface area contributed by atoms with Crippen LogP contribution >= 0.6 is 11.8 Å². The first-order valence-corrected chi connectivity index (χ1v) is 13.9. The molecule has 1 spiro atoms. The summed E-state index contributed by atoms with van der Waals surface area (Å²) in [5.74, 6) is 2.54. The number of cyclic esters (lactones) is 1. The number of esters is 1. The van der Waals surface area contributed by atoms with Crippen LogP contribution in [0.4, 0.5) is 0 Å². The fourth-order valence-corrected chi connectivity index (χ4v) is 11.5. The Morgan fingerprint density at radius 3 is 2.64 bits per heavy atom. The van der Waals surface area contributed by atoms with Gasteiger partial charge >= 0.3 is 5.97 Å². The highest BCUT2D eigenvalue weighted by Gasteiger charge is 2.79. The van der Waals surface area contributed by atoms with Gasteiger partial charge in [0.1, 0.15) is 6.10 Å². The van der Waals surface area contributed by atoms with Gasteiger partial charge in [-0.1, -0.05) is 32.4 Å². The number of ether oxygens (including phenoxy) is 1. The molecule has 0 aromatic heterocycles. The van der Waals surface area contributed by atoms with Gasteiger partial charge in [-0.2, -0.15) is 0 Å². The third-order valence-electron chi connectivity index (χ3n) is 11.6. The Morgan fingerprint density at radius 2 is 1.91 bits per heavy atom. The van der Waals surface area contributed by atoms with Crippen molar-refractivity contribution >= 4 is 23.5 Å². The van der Waals surface area contributed by atoms with Crippen molar-refractivity contribution in [3.63, 3.8) is 0 Å². The molecule has 0 bridgehead atoms. The van der Waals surface area contributed by atoms with E-state index < -0.39 is 11.5 Å². The summed E-state index contributed by atoms with van der Waals surface area (Å²) in [5, 5.41) is 11.3. The second-order valence-corrected chi connectivity index (χ2v) is 14.0. The summed E-state index contributed by atoms with van der Waals surface area (Å²) >= 11 is 1.89. The molecule has 1 N–H and O–H groups in total. The number of allylic oxidation sites excluding steroid dienone is 1. The van der Waals surface area contributed by atoms with E-state index in [-0.39, 0.29) is 28.0 Å². The number of carbonyl (C=O) groups is 2. The quantitative estimate of drug-likeness (QED) is 0.449. The van der Waals surface area contributed by atoms with E-state index in [9.17, 15) is 14.7 Å². The summed E-state index contributed by atoms with van der Waals surface area (Å²) in [5.41, 5.74) is 1.75. The Hall–Kier alpha value is -1.07. The van der Waals surface area contributed by atoms with E-state index in [1.807, 2.05) is 18.7 Å². The molecule has 6 rings (SSSR count). The van der Waals surface area contributed by atoms with Crippen LogP contribution < -0.4 is 0 Å². The van der Waals surface area contributed by atoms with Crippen LogP contribution in [0.15, 0.2) is 23.3 Å². The van der Waals surface area contributed by atoms with Crippen LogP contribution in [0.25, 0.3) is 0 Å². The fraction of sp³-hybridized carbons (Fsp3) is 0.786. The van der Waals surface area contributed by atoms with Gasteiger partial charge < -0.3 is 9.84 Å². The second-order valence-electron chi connectivity index (χ2n) is 12.5. The average Bonchev–Trinajstić information content (AvgIpc) is 3.41. The van der Waals surface area contributed by atoms with Gasteiger partial charge in [0.05, 0.1) is 16.3 Å². The number of aliphatic hydroxyl groups excluding tert-OH is 1. The van der Waals surface area contributed by atoms with Crippen molar-refractivity contribution in [2.75, 3.05) is 0 Å². The molecule has 11 atom stereocenters. The molecular formula is C28H38O4S. The lowest BCUT2D eigenvalue weighted by molar-refractivity contribution is -0.153. The maximum atomic E-state index is 13.4. The van der Waals surface area contributed by atoms with Crippen LogP contribution in [0.3, 0.4) is 0 Å². The molecule has 6 aliphatic rings. The standard InChI is InChI=1S/C28H38O4S/c1-14-12-21(32-25(31)15(14)2)16(3)18-6-7-19-17-13-24-28(33-24)23(30)9-8-22(29)27(28,5)20(17)10-11-26(18,19)4/h8-9,16-21,23-24,30H,6-7,10-13H2,1-5H3/t16-,17-,18+,19-,20-,21?,23-,24-,26+,27-,28-/m0/s1. The number of carbonyl (C=O) groups excluding carboxylic acids is 2. The van der Waals surface area contributed by atoms with Crippen molar-refractivity contribution in [1.82, 2.24) is 0 Å². The predicted molar refractivity (Wildman–Crippen MR) is 130 cm³/mol. The Kier molecular flexibility index (Phi) is 4.75. The summed E-state index contributed by atoms with van der Waals surface area (Å²) in [7, 11) is 0. The van der Waals surface area contributed by atoms with E-state index in [1.54, 1.807) is 12.2 Å². The first kappa shape index (κ1) is 22.4. The highest BCUT2D eigenvalue weighted by Crippen LogP contribution is 2.78. The summed E-state index contributed by atoms with van der Waals surface area (Å²) in [6.45, 7) is 11.0. The smallest absolute Gasteiger partial charge is 0.333 e. The number of aliphatic hydroxyl groups is 1. The topological polar surface area (TPSA) is 63.6 Å². The first-order chi connectivity index (χ1) is 15.6. The minimum absolute atomic E-state index is 0.0183. The van der Waals surface area contributed by atoms with E-state index >= 15 is 0 Å². The Labute approximate surface area is 202 Å². The van der Waals surface area contributed by atoms with Crippen molar-refractivity contribution in [1.29, 1.82) is 0 Å². The average molecular weight is 471 g/mol. The Bertz CT molecular complexity index is 984. The summed E-state index contributed by atoms with van der Waals surface area (Å²) < 4.78 is 5.65. The van der Waals surface area contributed by atoms with Gasteiger partial charge in [-0.15, -0.1) is 11.8 Å². The molecule has 33 heavy (non-hydrogen) atoms. The van der Waals surface area contributed by atoms with E-state index in [1.165, 1.54) is 18.4 Å². The molecule has 4 fully saturated rings. The molecule has 4 aliphatic carbocycles. The minimum Gasteiger partial charge on any atom is -0.458 e. The van der Waals surface area contributed by atoms with Gasteiger partial charge in [0.2, 0.25) is 0 Å². The zero-order chi connectivity index (χ0) is 23.5. The number of thioether (sulfide) groups is 1. The number of hydrogen-bond donors (Lipinski definition) is 1. The number of rotatable bonds is 2. The summed E-state index contributed by atoms with van der Waals surface area (Å²) in [6.07, 6.45) is 9.53. The highest BCUT2D eigenvalue weighted by atomic mass is 32.2. The van der Waals surface area contributed by atoms with E-state index in [4.69, 9.17) is 4.74 Å². The van der Waals surface area contributed by atoms with Crippen molar-refractivity contribution < 1.29 is 19.4 Å². The Morgan fingerprint density at radius 1 is 1.15 bits per heavy atom. The van der Waals surface area contributed by atoms with Crippen molar-refractivity contribution in [2.24, 2.45) is 40.4 Å². The zero-order valence-electron chi connectivity index (χ0n) is 20.6. The predicted octanol–water partition coefficient (Wildman–Crippen LogP) is 5.10. The monoisotopic (exact) mass is 470 g/mol. The lowest BCUT2D eigenvalue weighted by Gasteiger charge is -2.59. The molecular weight excluding hydrogens is 432 g/mol. The van der Waals surface area contributed by atoms with Gasteiger partial charge in [-0.25, -0.2) is 4.79 Å². The van der Waals surface area contributed by atoms with Crippen LogP contribution in [0.5, 0.6) is 0 Å². The van der Waals surface area contributed by atoms with E-state index in [2.05, 4.69) is 27.7 Å². The number of ketones is 1. The molecule has 2 aliphatic heterocycles. The number of fused-ring (bicyclic) bond motifs is 4. The lowest BCUT2D eigenvalue weighted by Crippen LogP contribution is -2.63. The van der Waals surface area contributed by atoms with Crippen molar-refractivity contribution in [3.05, 3.63) is 23.3 Å². The van der Waals surface area contributed by atoms with Crippen LogP contribution in [0.2, 0.25) is 0 Å². The molecule has 3 saturated carbocycles. The molecule has 180 valence electrons. The number of hydrogen-bond acceptors (Lipinski definition) is 5. The largest absolute Gasteiger partial charge is 0.458 e. The third kappa shape index (κ3) is 2.64. The molecule has 0 amide bonds. The molecule has 0 radical (unpaired) electrons. The fourth-order valence-electron chi connectivity index (χ4n) is 9.54. The normalized spacial score (nSPS) is 53.6. The SMILES string of the molecule is CC1=C(C)C(=O)OC([C@@H](C)[C@H]2CC[C@H]3[C@@H]4C[C@@H]5S[C@@]56[C@@H](O)C=CC(=O)[C@]6(C)[C@H]4CC[C@]23C)C1. The zero-order valence-corrected chi connectivity index (χ0v) is 21.4. The second kappa shape index (κ2) is 7.00. The van der Waals surface area contributed by atoms with Crippen LogP contribution in [0, 0.1) is 40.4 Å². The van der Waals surface area contributed by atoms with Crippen molar-refractivity contribution in [3.8, 4) is 0 Å². The summed E-state index contributed by atoms with van der Waals surface area (Å²) in [6, 6.07) is 0. The van der Waals surface area contributed by atoms with E-state index in [0.29, 0.717) is 34.8 Å². The van der Waals surface area contributed by atoms with E-state index in [0.717, 1.165) is 31.3 Å². The summed E-state index contributed by atoms with van der Waals surface area (Å²) in [4.78, 5) is 25.8. The maximum Gasteiger partial charge on any atom is 0.333 e. The minimum atomic E-state index is -0.499. The van der Waals surface area contributed by atoms with Crippen molar-refractivity contribution in [2.45, 2.75) is 95.3 Å². The van der Waals surface area contributed by atoms with Crippen LogP contribution in [0.1, 0.15) is 73.1 Å². The molecule has 1 saturated heterocycles. The van der Waals surface area contributed by atoms with Crippen LogP contribution in [-0.2, 0) is 14.3 Å². The van der Waals surface area contributed by atoms with Gasteiger partial charge in [-0.3, -0.25) is 4.79 Å². The van der Waals surface area contributed by atoms with Gasteiger partial charge in [-0.05, 0) is 87.0 Å². The van der Waals surface area contributed by atoms with Gasteiger partial charge in [0.25, 0.3) is 0 Å². The molecule has 1 unspecified atom stereocenters. The molecule has 5 heteroatoms. The Balaban J connectivity index is 1.28. The molecule has 4 nitrogen and oxygen atoms in total. The third-order valence-corrected chi connectivity index (χ3v) is 13.6. The first-order valence-electron chi connectivity index (χ1n) is 13.0. The molecule has 0 aromatic carbocycles.